The third-order valence-corrected chi connectivity index (χ3v) is 4.19. The first-order chi connectivity index (χ1) is 9.85. The number of likely N-dealkylation sites (N-methyl/N-ethyl adjacent to an activating group) is 1. The number of benzene rings is 1. The van der Waals surface area contributed by atoms with Crippen molar-refractivity contribution in [2.45, 2.75) is 45.2 Å². The minimum Gasteiger partial charge on any atom is -0.372 e. The molecule has 0 radical (unpaired) electrons. The van der Waals surface area contributed by atoms with E-state index in [2.05, 4.69) is 49.2 Å². The standard InChI is InChI=1S/C17H27N3O/c1-12(2)19-17(16(18)21,14-8-9-14)11-20(4)15-7-5-6-13(3)10-15/h5-7,10,12,14,19H,8-9,11H2,1-4H3,(H2,18,21). The van der Waals surface area contributed by atoms with Gasteiger partial charge in [0, 0.05) is 25.3 Å². The van der Waals surface area contributed by atoms with Gasteiger partial charge >= 0.3 is 0 Å². The molecule has 0 saturated heterocycles. The number of aryl methyl sites for hydroxylation is 1. The van der Waals surface area contributed by atoms with E-state index in [-0.39, 0.29) is 11.9 Å². The summed E-state index contributed by atoms with van der Waals surface area (Å²) in [6.45, 7) is 6.81. The van der Waals surface area contributed by atoms with Gasteiger partial charge in [-0.05, 0) is 57.2 Å². The Morgan fingerprint density at radius 1 is 1.48 bits per heavy atom. The molecule has 0 bridgehead atoms. The Morgan fingerprint density at radius 2 is 2.14 bits per heavy atom. The number of primary amides is 1. The van der Waals surface area contributed by atoms with Gasteiger partial charge in [0.2, 0.25) is 5.91 Å². The van der Waals surface area contributed by atoms with E-state index in [1.54, 1.807) is 0 Å². The molecule has 1 fully saturated rings. The fourth-order valence-corrected chi connectivity index (χ4v) is 3.06. The van der Waals surface area contributed by atoms with Crippen molar-refractivity contribution >= 4 is 11.6 Å². The molecule has 1 atom stereocenters. The molecule has 1 aromatic rings. The predicted molar refractivity (Wildman–Crippen MR) is 87.4 cm³/mol. The van der Waals surface area contributed by atoms with Crippen LogP contribution >= 0.6 is 0 Å². The van der Waals surface area contributed by atoms with Crippen LogP contribution in [-0.2, 0) is 4.79 Å². The predicted octanol–water partition coefficient (Wildman–Crippen LogP) is 2.06. The van der Waals surface area contributed by atoms with Crippen molar-refractivity contribution in [3.8, 4) is 0 Å². The Bertz CT molecular complexity index is 511. The molecule has 3 N–H and O–H groups in total. The Labute approximate surface area is 127 Å². The van der Waals surface area contributed by atoms with E-state index in [9.17, 15) is 4.79 Å². The highest BCUT2D eigenvalue weighted by Gasteiger charge is 2.50. The lowest BCUT2D eigenvalue weighted by Gasteiger charge is -2.38. The SMILES string of the molecule is Cc1cccc(N(C)CC(NC(C)C)(C(N)=O)C2CC2)c1. The number of hydrogen-bond acceptors (Lipinski definition) is 3. The number of nitrogens with zero attached hydrogens (tertiary/aromatic N) is 1. The van der Waals surface area contributed by atoms with Crippen LogP contribution in [0.5, 0.6) is 0 Å². The first kappa shape index (κ1) is 15.8. The highest BCUT2D eigenvalue weighted by Crippen LogP contribution is 2.40. The van der Waals surface area contributed by atoms with Crippen molar-refractivity contribution in [3.05, 3.63) is 29.8 Å². The van der Waals surface area contributed by atoms with E-state index in [4.69, 9.17) is 5.73 Å². The second kappa shape index (κ2) is 6.06. The molecule has 0 aromatic heterocycles. The summed E-state index contributed by atoms with van der Waals surface area (Å²) in [7, 11) is 2.02. The molecule has 1 unspecified atom stereocenters. The second-order valence-electron chi connectivity index (χ2n) is 6.60. The van der Waals surface area contributed by atoms with Crippen LogP contribution in [0.15, 0.2) is 24.3 Å². The number of nitrogens with two attached hydrogens (primary N) is 1. The van der Waals surface area contributed by atoms with E-state index in [1.807, 2.05) is 13.1 Å². The van der Waals surface area contributed by atoms with E-state index < -0.39 is 5.54 Å². The fraction of sp³-hybridized carbons (Fsp3) is 0.588. The Kier molecular flexibility index (Phi) is 4.57. The van der Waals surface area contributed by atoms with Gasteiger partial charge in [0.25, 0.3) is 0 Å². The van der Waals surface area contributed by atoms with Crippen molar-refractivity contribution < 1.29 is 4.79 Å². The first-order valence-electron chi connectivity index (χ1n) is 7.70. The number of carbonyl (C=O) groups is 1. The zero-order valence-electron chi connectivity index (χ0n) is 13.5. The minimum absolute atomic E-state index is 0.226. The second-order valence-corrected chi connectivity index (χ2v) is 6.60. The lowest BCUT2D eigenvalue weighted by molar-refractivity contribution is -0.125. The maximum Gasteiger partial charge on any atom is 0.239 e. The van der Waals surface area contributed by atoms with Crippen molar-refractivity contribution in [3.63, 3.8) is 0 Å². The van der Waals surface area contributed by atoms with Crippen LogP contribution in [0, 0.1) is 12.8 Å². The summed E-state index contributed by atoms with van der Waals surface area (Å²) in [6.07, 6.45) is 2.15. The van der Waals surface area contributed by atoms with Crippen LogP contribution in [-0.4, -0.2) is 31.1 Å². The van der Waals surface area contributed by atoms with Gasteiger partial charge in [-0.3, -0.25) is 10.1 Å². The molecular formula is C17H27N3O. The summed E-state index contributed by atoms with van der Waals surface area (Å²) < 4.78 is 0. The van der Waals surface area contributed by atoms with E-state index >= 15 is 0 Å². The van der Waals surface area contributed by atoms with Gasteiger partial charge in [-0.15, -0.1) is 0 Å². The Balaban J connectivity index is 2.23. The molecule has 116 valence electrons. The average molecular weight is 289 g/mol. The molecule has 0 spiro atoms. The monoisotopic (exact) mass is 289 g/mol. The molecule has 0 heterocycles. The Morgan fingerprint density at radius 3 is 2.62 bits per heavy atom. The number of carbonyl (C=O) groups excluding carboxylic acids is 1. The third-order valence-electron chi connectivity index (χ3n) is 4.19. The summed E-state index contributed by atoms with van der Waals surface area (Å²) in [5.74, 6) is 0.114. The zero-order chi connectivity index (χ0) is 15.6. The topological polar surface area (TPSA) is 58.4 Å². The molecule has 1 saturated carbocycles. The van der Waals surface area contributed by atoms with Crippen molar-refractivity contribution in [1.82, 2.24) is 5.32 Å². The summed E-state index contributed by atoms with van der Waals surface area (Å²) in [5.41, 5.74) is 7.49. The van der Waals surface area contributed by atoms with Gasteiger partial charge < -0.3 is 10.6 Å². The molecule has 1 aliphatic carbocycles. The van der Waals surface area contributed by atoms with Crippen LogP contribution in [0.3, 0.4) is 0 Å². The molecule has 2 rings (SSSR count). The molecule has 1 aromatic carbocycles. The molecule has 21 heavy (non-hydrogen) atoms. The van der Waals surface area contributed by atoms with Gasteiger partial charge in [-0.2, -0.15) is 0 Å². The van der Waals surface area contributed by atoms with E-state index in [1.165, 1.54) is 5.56 Å². The van der Waals surface area contributed by atoms with Crippen molar-refractivity contribution in [1.29, 1.82) is 0 Å². The van der Waals surface area contributed by atoms with Crippen LogP contribution in [0.4, 0.5) is 5.69 Å². The van der Waals surface area contributed by atoms with Gasteiger partial charge in [-0.25, -0.2) is 0 Å². The highest BCUT2D eigenvalue weighted by atomic mass is 16.1. The van der Waals surface area contributed by atoms with Gasteiger partial charge in [0.1, 0.15) is 5.54 Å². The van der Waals surface area contributed by atoms with Crippen molar-refractivity contribution in [2.75, 3.05) is 18.5 Å². The molecule has 4 heteroatoms. The third kappa shape index (κ3) is 3.56. The number of hydrogen-bond donors (Lipinski definition) is 2. The van der Waals surface area contributed by atoms with Crippen molar-refractivity contribution in [2.24, 2.45) is 11.7 Å². The summed E-state index contributed by atoms with van der Waals surface area (Å²) in [6, 6.07) is 8.55. The van der Waals surface area contributed by atoms with E-state index in [0.717, 1.165) is 18.5 Å². The lowest BCUT2D eigenvalue weighted by Crippen LogP contribution is -2.64. The molecule has 0 aliphatic heterocycles. The molecule has 4 nitrogen and oxygen atoms in total. The number of rotatable bonds is 7. The maximum absolute atomic E-state index is 12.2. The lowest BCUT2D eigenvalue weighted by atomic mass is 9.90. The normalized spacial score (nSPS) is 17.6. The van der Waals surface area contributed by atoms with E-state index in [0.29, 0.717) is 12.5 Å². The highest BCUT2D eigenvalue weighted by molar-refractivity contribution is 5.86. The van der Waals surface area contributed by atoms with Crippen LogP contribution in [0.1, 0.15) is 32.3 Å². The first-order valence-corrected chi connectivity index (χ1v) is 7.70. The molecule has 1 amide bonds. The largest absolute Gasteiger partial charge is 0.372 e. The fourth-order valence-electron chi connectivity index (χ4n) is 3.06. The number of anilines is 1. The number of nitrogens with one attached hydrogen (secondary N) is 1. The quantitative estimate of drug-likeness (QED) is 0.808. The minimum atomic E-state index is -0.632. The van der Waals surface area contributed by atoms with Crippen LogP contribution in [0.25, 0.3) is 0 Å². The smallest absolute Gasteiger partial charge is 0.239 e. The zero-order valence-corrected chi connectivity index (χ0v) is 13.5. The van der Waals surface area contributed by atoms with Gasteiger partial charge in [-0.1, -0.05) is 12.1 Å². The van der Waals surface area contributed by atoms with Crippen LogP contribution in [0.2, 0.25) is 0 Å². The Hall–Kier alpha value is -1.55. The molecule has 1 aliphatic rings. The van der Waals surface area contributed by atoms with Crippen LogP contribution < -0.4 is 16.0 Å². The maximum atomic E-state index is 12.2. The van der Waals surface area contributed by atoms with Gasteiger partial charge in [0.15, 0.2) is 0 Å². The van der Waals surface area contributed by atoms with Gasteiger partial charge in [0.05, 0.1) is 0 Å². The number of amides is 1. The summed E-state index contributed by atoms with van der Waals surface area (Å²) in [4.78, 5) is 14.3. The summed E-state index contributed by atoms with van der Waals surface area (Å²) >= 11 is 0. The summed E-state index contributed by atoms with van der Waals surface area (Å²) in [5, 5.41) is 3.45. The average Bonchev–Trinajstić information content (AvgIpc) is 3.21. The molecular weight excluding hydrogens is 262 g/mol.